The van der Waals surface area contributed by atoms with Gasteiger partial charge in [-0.1, -0.05) is 0 Å². The summed E-state index contributed by atoms with van der Waals surface area (Å²) in [5.41, 5.74) is 0.349. The lowest BCUT2D eigenvalue weighted by atomic mass is 10.2. The number of ether oxygens (including phenoxy) is 1. The Morgan fingerprint density at radius 1 is 1.46 bits per heavy atom. The Balaban J connectivity index is 2.83. The van der Waals surface area contributed by atoms with Gasteiger partial charge in [-0.3, -0.25) is 4.68 Å². The van der Waals surface area contributed by atoms with E-state index in [1.807, 2.05) is 0 Å². The van der Waals surface area contributed by atoms with Gasteiger partial charge in [0.2, 0.25) is 0 Å². The fourth-order valence-electron chi connectivity index (χ4n) is 1.34. The van der Waals surface area contributed by atoms with Crippen LogP contribution in [0.2, 0.25) is 0 Å². The summed E-state index contributed by atoms with van der Waals surface area (Å²) in [4.78, 5) is 0. The van der Waals surface area contributed by atoms with Crippen LogP contribution in [0, 0.1) is 5.82 Å². The van der Waals surface area contributed by atoms with Crippen molar-refractivity contribution in [1.82, 2.24) is 9.78 Å². The summed E-state index contributed by atoms with van der Waals surface area (Å²) in [7, 11) is 3.30. The molecule has 4 heteroatoms. The van der Waals surface area contributed by atoms with Crippen molar-refractivity contribution in [3.05, 3.63) is 24.1 Å². The highest BCUT2D eigenvalue weighted by Crippen LogP contribution is 2.25. The summed E-state index contributed by atoms with van der Waals surface area (Å²) >= 11 is 0. The SMILES string of the molecule is COc1ccc(F)c2nn(C)cc12. The summed E-state index contributed by atoms with van der Waals surface area (Å²) in [5.74, 6) is 0.320. The summed E-state index contributed by atoms with van der Waals surface area (Å²) in [6, 6.07) is 2.95. The molecule has 0 aliphatic carbocycles. The molecular formula is C9H9FN2O. The van der Waals surface area contributed by atoms with Crippen LogP contribution in [-0.4, -0.2) is 16.9 Å². The first-order chi connectivity index (χ1) is 6.22. The number of methoxy groups -OCH3 is 1. The summed E-state index contributed by atoms with van der Waals surface area (Å²) in [6.45, 7) is 0. The highest BCUT2D eigenvalue weighted by Gasteiger charge is 2.09. The zero-order valence-electron chi connectivity index (χ0n) is 7.41. The molecule has 13 heavy (non-hydrogen) atoms. The van der Waals surface area contributed by atoms with E-state index in [1.165, 1.54) is 6.07 Å². The van der Waals surface area contributed by atoms with Crippen molar-refractivity contribution in [3.63, 3.8) is 0 Å². The first-order valence-corrected chi connectivity index (χ1v) is 3.88. The summed E-state index contributed by atoms with van der Waals surface area (Å²) in [6.07, 6.45) is 1.73. The van der Waals surface area contributed by atoms with Crippen molar-refractivity contribution >= 4 is 10.9 Å². The van der Waals surface area contributed by atoms with Gasteiger partial charge in [0.05, 0.1) is 12.5 Å². The average molecular weight is 180 g/mol. The standard InChI is InChI=1S/C9H9FN2O/c1-12-5-6-8(13-2)4-3-7(10)9(6)11-12/h3-5H,1-2H3. The molecule has 1 aromatic carbocycles. The van der Waals surface area contributed by atoms with Crippen LogP contribution < -0.4 is 4.74 Å². The van der Waals surface area contributed by atoms with Crippen LogP contribution in [0.3, 0.4) is 0 Å². The molecule has 0 fully saturated rings. The van der Waals surface area contributed by atoms with E-state index in [1.54, 1.807) is 31.1 Å². The molecule has 0 bridgehead atoms. The molecule has 0 aliphatic rings. The maximum atomic E-state index is 13.2. The van der Waals surface area contributed by atoms with Crippen molar-refractivity contribution in [3.8, 4) is 5.75 Å². The Labute approximate surface area is 74.7 Å². The molecule has 2 rings (SSSR count). The van der Waals surface area contributed by atoms with Crippen LogP contribution >= 0.6 is 0 Å². The van der Waals surface area contributed by atoms with E-state index in [4.69, 9.17) is 4.74 Å². The van der Waals surface area contributed by atoms with Gasteiger partial charge in [0, 0.05) is 13.2 Å². The lowest BCUT2D eigenvalue weighted by molar-refractivity contribution is 0.419. The van der Waals surface area contributed by atoms with Gasteiger partial charge in [-0.25, -0.2) is 4.39 Å². The number of benzene rings is 1. The third-order valence-corrected chi connectivity index (χ3v) is 1.92. The quantitative estimate of drug-likeness (QED) is 0.668. The van der Waals surface area contributed by atoms with Gasteiger partial charge in [0.1, 0.15) is 11.3 Å². The van der Waals surface area contributed by atoms with Crippen LogP contribution in [-0.2, 0) is 7.05 Å². The second-order valence-electron chi connectivity index (χ2n) is 2.81. The molecule has 0 N–H and O–H groups in total. The van der Waals surface area contributed by atoms with Crippen molar-refractivity contribution in [2.75, 3.05) is 7.11 Å². The number of rotatable bonds is 1. The molecule has 1 aromatic heterocycles. The first kappa shape index (κ1) is 8.04. The number of aromatic nitrogens is 2. The smallest absolute Gasteiger partial charge is 0.151 e. The molecule has 0 radical (unpaired) electrons. The number of hydrogen-bond acceptors (Lipinski definition) is 2. The van der Waals surface area contributed by atoms with Crippen molar-refractivity contribution in [1.29, 1.82) is 0 Å². The number of nitrogens with zero attached hydrogens (tertiary/aromatic N) is 2. The maximum Gasteiger partial charge on any atom is 0.151 e. The number of aryl methyl sites for hydroxylation is 1. The molecule has 0 amide bonds. The molecule has 1 heterocycles. The topological polar surface area (TPSA) is 27.1 Å². The molecule has 0 saturated carbocycles. The molecule has 0 saturated heterocycles. The van der Waals surface area contributed by atoms with E-state index in [2.05, 4.69) is 5.10 Å². The lowest BCUT2D eigenvalue weighted by Crippen LogP contribution is -1.86. The fraction of sp³-hybridized carbons (Fsp3) is 0.222. The molecule has 0 aliphatic heterocycles. The Hall–Kier alpha value is -1.58. The van der Waals surface area contributed by atoms with Gasteiger partial charge in [-0.2, -0.15) is 5.10 Å². The van der Waals surface area contributed by atoms with Crippen LogP contribution in [0.15, 0.2) is 18.3 Å². The average Bonchev–Trinajstić information content (AvgIpc) is 2.48. The van der Waals surface area contributed by atoms with Crippen LogP contribution in [0.25, 0.3) is 10.9 Å². The molecule has 0 unspecified atom stereocenters. The van der Waals surface area contributed by atoms with Gasteiger partial charge < -0.3 is 4.74 Å². The molecule has 68 valence electrons. The Kier molecular flexibility index (Phi) is 1.69. The molecule has 3 nitrogen and oxygen atoms in total. The largest absolute Gasteiger partial charge is 0.496 e. The zero-order chi connectivity index (χ0) is 9.42. The minimum Gasteiger partial charge on any atom is -0.496 e. The zero-order valence-corrected chi connectivity index (χ0v) is 7.41. The van der Waals surface area contributed by atoms with Crippen LogP contribution in [0.4, 0.5) is 4.39 Å². The predicted molar refractivity (Wildman–Crippen MR) is 47.2 cm³/mol. The summed E-state index contributed by atoms with van der Waals surface area (Å²) in [5, 5.41) is 4.68. The van der Waals surface area contributed by atoms with E-state index in [0.29, 0.717) is 16.7 Å². The highest BCUT2D eigenvalue weighted by molar-refractivity contribution is 5.85. The van der Waals surface area contributed by atoms with Gasteiger partial charge >= 0.3 is 0 Å². The van der Waals surface area contributed by atoms with E-state index >= 15 is 0 Å². The summed E-state index contributed by atoms with van der Waals surface area (Å²) < 4.78 is 19.8. The van der Waals surface area contributed by atoms with Crippen molar-refractivity contribution in [2.24, 2.45) is 7.05 Å². The van der Waals surface area contributed by atoms with Crippen LogP contribution in [0.1, 0.15) is 0 Å². The van der Waals surface area contributed by atoms with Gasteiger partial charge in [0.25, 0.3) is 0 Å². The lowest BCUT2D eigenvalue weighted by Gasteiger charge is -1.99. The van der Waals surface area contributed by atoms with E-state index in [9.17, 15) is 4.39 Å². The van der Waals surface area contributed by atoms with E-state index < -0.39 is 0 Å². The minimum absolute atomic E-state index is 0.323. The monoisotopic (exact) mass is 180 g/mol. The van der Waals surface area contributed by atoms with Crippen molar-refractivity contribution in [2.45, 2.75) is 0 Å². The minimum atomic E-state index is -0.323. The Morgan fingerprint density at radius 3 is 2.92 bits per heavy atom. The van der Waals surface area contributed by atoms with E-state index in [-0.39, 0.29) is 5.82 Å². The van der Waals surface area contributed by atoms with Crippen LogP contribution in [0.5, 0.6) is 5.75 Å². The second-order valence-corrected chi connectivity index (χ2v) is 2.81. The molecular weight excluding hydrogens is 171 g/mol. The Bertz CT molecular complexity index is 450. The number of halogens is 1. The number of hydrogen-bond donors (Lipinski definition) is 0. The maximum absolute atomic E-state index is 13.2. The molecule has 0 atom stereocenters. The fourth-order valence-corrected chi connectivity index (χ4v) is 1.34. The van der Waals surface area contributed by atoms with Gasteiger partial charge in [-0.05, 0) is 12.1 Å². The van der Waals surface area contributed by atoms with E-state index in [0.717, 1.165) is 0 Å². The van der Waals surface area contributed by atoms with Crippen molar-refractivity contribution < 1.29 is 9.13 Å². The third kappa shape index (κ3) is 1.14. The second kappa shape index (κ2) is 2.73. The molecule has 0 spiro atoms. The highest BCUT2D eigenvalue weighted by atomic mass is 19.1. The predicted octanol–water partition coefficient (Wildman–Crippen LogP) is 1.72. The number of fused-ring (bicyclic) bond motifs is 1. The third-order valence-electron chi connectivity index (χ3n) is 1.92. The molecule has 2 aromatic rings. The first-order valence-electron chi connectivity index (χ1n) is 3.88. The van der Waals surface area contributed by atoms with Gasteiger partial charge in [0.15, 0.2) is 5.82 Å². The Morgan fingerprint density at radius 2 is 2.23 bits per heavy atom. The van der Waals surface area contributed by atoms with Gasteiger partial charge in [-0.15, -0.1) is 0 Å². The normalized spacial score (nSPS) is 10.7.